The van der Waals surface area contributed by atoms with Crippen molar-refractivity contribution >= 4 is 43.1 Å². The first kappa shape index (κ1) is 39.0. The van der Waals surface area contributed by atoms with Gasteiger partial charge in [-0.05, 0) is 162 Å². The molecule has 10 aromatic carbocycles. The predicted octanol–water partition coefficient (Wildman–Crippen LogP) is 14.1. The van der Waals surface area contributed by atoms with Crippen LogP contribution >= 0.6 is 0 Å². The van der Waals surface area contributed by atoms with Gasteiger partial charge in [-0.2, -0.15) is 21.0 Å². The van der Waals surface area contributed by atoms with Crippen LogP contribution in [0.4, 0.5) is 0 Å². The van der Waals surface area contributed by atoms with Crippen LogP contribution in [0.5, 0.6) is 11.5 Å². The van der Waals surface area contributed by atoms with Gasteiger partial charge >= 0.3 is 0 Å². The molecule has 0 fully saturated rings. The van der Waals surface area contributed by atoms with Crippen LogP contribution in [-0.4, -0.2) is 14.2 Å². The predicted molar refractivity (Wildman–Crippen MR) is 256 cm³/mol. The number of nitrogens with zero attached hydrogens (tertiary/aromatic N) is 4. The molecule has 0 aliphatic rings. The Morgan fingerprint density at radius 3 is 0.750 bits per heavy atom. The van der Waals surface area contributed by atoms with E-state index in [2.05, 4.69) is 97.1 Å². The van der Waals surface area contributed by atoms with Gasteiger partial charge in [0.1, 0.15) is 11.5 Å². The first-order valence-corrected chi connectivity index (χ1v) is 20.6. The molecule has 6 heteroatoms. The van der Waals surface area contributed by atoms with Gasteiger partial charge in [0.05, 0.1) is 60.8 Å². The molecule has 0 aliphatic heterocycles. The van der Waals surface area contributed by atoms with Gasteiger partial charge in [0.25, 0.3) is 0 Å². The summed E-state index contributed by atoms with van der Waals surface area (Å²) in [6, 6.07) is 65.3. The van der Waals surface area contributed by atoms with E-state index < -0.39 is 0 Å². The summed E-state index contributed by atoms with van der Waals surface area (Å²) in [5.41, 5.74) is 12.2. The Morgan fingerprint density at radius 1 is 0.266 bits per heavy atom. The molecule has 10 rings (SSSR count). The molecule has 0 radical (unpaired) electrons. The van der Waals surface area contributed by atoms with Crippen molar-refractivity contribution in [1.29, 1.82) is 21.0 Å². The van der Waals surface area contributed by atoms with E-state index in [1.807, 2.05) is 97.1 Å². The first-order valence-electron chi connectivity index (χ1n) is 20.6. The molecule has 0 bridgehead atoms. The molecule has 6 nitrogen and oxygen atoms in total. The maximum Gasteiger partial charge on any atom is 0.134 e. The lowest BCUT2D eigenvalue weighted by Gasteiger charge is -2.23. The van der Waals surface area contributed by atoms with Gasteiger partial charge < -0.3 is 9.47 Å². The van der Waals surface area contributed by atoms with Crippen molar-refractivity contribution in [2.75, 3.05) is 14.2 Å². The van der Waals surface area contributed by atoms with Crippen molar-refractivity contribution in [2.24, 2.45) is 0 Å². The average Bonchev–Trinajstić information content (AvgIpc) is 3.37. The standard InChI is InChI=1S/C58H34N4O2/c1-63-57-49-25-21-43(39-11-3-35(31-59)4-12-39)27-51(49)55(47-23-19-45(29-53(47)57)41-15-7-37(33-61)8-16-41)56-48-24-20-46(42-17-9-38(34-62)10-18-42)30-54(48)58(64-2)50-26-22-44(28-52(50)56)40-13-5-36(32-60)6-14-40/h3-30H,1-2H3. The zero-order valence-electron chi connectivity index (χ0n) is 34.8. The molecule has 0 atom stereocenters. The molecular weight excluding hydrogens is 785 g/mol. The van der Waals surface area contributed by atoms with E-state index in [0.29, 0.717) is 22.3 Å². The van der Waals surface area contributed by atoms with Gasteiger partial charge in [0.2, 0.25) is 0 Å². The fraction of sp³-hybridized carbons (Fsp3) is 0.0345. The number of hydrogen-bond acceptors (Lipinski definition) is 6. The van der Waals surface area contributed by atoms with Crippen LogP contribution in [0.15, 0.2) is 170 Å². The second kappa shape index (κ2) is 16.0. The number of methoxy groups -OCH3 is 2. The molecule has 298 valence electrons. The molecular formula is C58H34N4O2. The number of rotatable bonds is 7. The Balaban J connectivity index is 1.36. The maximum atomic E-state index is 9.60. The summed E-state index contributed by atoms with van der Waals surface area (Å²) < 4.78 is 12.8. The van der Waals surface area contributed by atoms with Crippen molar-refractivity contribution in [3.8, 4) is 91.4 Å². The van der Waals surface area contributed by atoms with E-state index in [1.54, 1.807) is 14.2 Å². The van der Waals surface area contributed by atoms with Gasteiger partial charge in [-0.3, -0.25) is 0 Å². The SMILES string of the molecule is COc1c2cc(-c3ccc(C#N)cc3)ccc2c(-c2c3ccc(-c4ccc(C#N)cc4)cc3c(OC)c3ccc(-c4ccc(C#N)cc4)cc23)c2cc(-c3ccc(C#N)cc3)ccc12. The van der Waals surface area contributed by atoms with Crippen LogP contribution in [0.25, 0.3) is 98.7 Å². The topological polar surface area (TPSA) is 114 Å². The van der Waals surface area contributed by atoms with Crippen molar-refractivity contribution in [3.63, 3.8) is 0 Å². The highest BCUT2D eigenvalue weighted by Crippen LogP contribution is 2.52. The van der Waals surface area contributed by atoms with Crippen molar-refractivity contribution in [1.82, 2.24) is 0 Å². The fourth-order valence-electron chi connectivity index (χ4n) is 9.02. The second-order valence-corrected chi connectivity index (χ2v) is 15.6. The lowest BCUT2D eigenvalue weighted by atomic mass is 9.83. The highest BCUT2D eigenvalue weighted by molar-refractivity contribution is 6.27. The third-order valence-electron chi connectivity index (χ3n) is 12.2. The number of ether oxygens (including phenoxy) is 2. The minimum Gasteiger partial charge on any atom is -0.495 e. The Hall–Kier alpha value is -9.20. The largest absolute Gasteiger partial charge is 0.495 e. The lowest BCUT2D eigenvalue weighted by molar-refractivity contribution is 0.424. The third kappa shape index (κ3) is 6.57. The summed E-state index contributed by atoms with van der Waals surface area (Å²) in [6.07, 6.45) is 0. The van der Waals surface area contributed by atoms with Crippen molar-refractivity contribution < 1.29 is 9.47 Å². The summed E-state index contributed by atoms with van der Waals surface area (Å²) in [7, 11) is 3.42. The van der Waals surface area contributed by atoms with Crippen LogP contribution in [0.2, 0.25) is 0 Å². The maximum absolute atomic E-state index is 9.60. The summed E-state index contributed by atoms with van der Waals surface area (Å²) in [5, 5.41) is 45.9. The quantitative estimate of drug-likeness (QED) is 0.148. The Kier molecular flexibility index (Phi) is 9.75. The van der Waals surface area contributed by atoms with E-state index in [-0.39, 0.29) is 0 Å². The molecule has 0 aliphatic carbocycles. The molecule has 64 heavy (non-hydrogen) atoms. The Labute approximate surface area is 369 Å². The monoisotopic (exact) mass is 818 g/mol. The molecule has 0 saturated heterocycles. The number of fused-ring (bicyclic) bond motifs is 4. The van der Waals surface area contributed by atoms with Gasteiger partial charge in [-0.1, -0.05) is 84.9 Å². The van der Waals surface area contributed by atoms with E-state index in [9.17, 15) is 21.0 Å². The van der Waals surface area contributed by atoms with Crippen LogP contribution < -0.4 is 9.47 Å². The smallest absolute Gasteiger partial charge is 0.134 e. The molecule has 0 heterocycles. The van der Waals surface area contributed by atoms with Gasteiger partial charge in [-0.15, -0.1) is 0 Å². The van der Waals surface area contributed by atoms with Crippen LogP contribution in [0.3, 0.4) is 0 Å². The third-order valence-corrected chi connectivity index (χ3v) is 12.2. The number of hydrogen-bond donors (Lipinski definition) is 0. The molecule has 0 amide bonds. The van der Waals surface area contributed by atoms with Crippen molar-refractivity contribution in [2.45, 2.75) is 0 Å². The Bertz CT molecular complexity index is 3450. The zero-order valence-corrected chi connectivity index (χ0v) is 34.8. The summed E-state index contributed by atoms with van der Waals surface area (Å²) in [4.78, 5) is 0. The Morgan fingerprint density at radius 2 is 0.500 bits per heavy atom. The van der Waals surface area contributed by atoms with Crippen LogP contribution in [-0.2, 0) is 0 Å². The highest BCUT2D eigenvalue weighted by Gasteiger charge is 2.24. The molecule has 0 unspecified atom stereocenters. The van der Waals surface area contributed by atoms with Gasteiger partial charge in [0.15, 0.2) is 0 Å². The minimum atomic E-state index is 0.588. The lowest BCUT2D eigenvalue weighted by Crippen LogP contribution is -1.97. The molecule has 0 aromatic heterocycles. The van der Waals surface area contributed by atoms with Gasteiger partial charge in [0, 0.05) is 21.5 Å². The molecule has 10 aromatic rings. The van der Waals surface area contributed by atoms with E-state index in [4.69, 9.17) is 9.47 Å². The fourth-order valence-corrected chi connectivity index (χ4v) is 9.02. The van der Waals surface area contributed by atoms with E-state index in [1.165, 1.54) is 0 Å². The van der Waals surface area contributed by atoms with E-state index in [0.717, 1.165) is 110 Å². The van der Waals surface area contributed by atoms with Crippen LogP contribution in [0, 0.1) is 45.3 Å². The number of benzene rings is 10. The zero-order chi connectivity index (χ0) is 43.9. The minimum absolute atomic E-state index is 0.588. The van der Waals surface area contributed by atoms with Gasteiger partial charge in [-0.25, -0.2) is 0 Å². The van der Waals surface area contributed by atoms with E-state index >= 15 is 0 Å². The molecule has 0 spiro atoms. The summed E-state index contributed by atoms with van der Waals surface area (Å²) in [6.45, 7) is 0. The van der Waals surface area contributed by atoms with Crippen molar-refractivity contribution in [3.05, 3.63) is 192 Å². The molecule has 0 saturated carbocycles. The average molecular weight is 819 g/mol. The highest BCUT2D eigenvalue weighted by atomic mass is 16.5. The van der Waals surface area contributed by atoms with Crippen LogP contribution in [0.1, 0.15) is 22.3 Å². The number of nitriles is 4. The summed E-state index contributed by atoms with van der Waals surface area (Å²) in [5.74, 6) is 1.47. The summed E-state index contributed by atoms with van der Waals surface area (Å²) >= 11 is 0. The normalized spacial score (nSPS) is 10.9. The first-order chi connectivity index (χ1) is 31.4. The second-order valence-electron chi connectivity index (χ2n) is 15.6. The molecule has 0 N–H and O–H groups in total.